The summed E-state index contributed by atoms with van der Waals surface area (Å²) in [4.78, 5) is 14.4. The van der Waals surface area contributed by atoms with Gasteiger partial charge in [0.05, 0.1) is 12.2 Å². The van der Waals surface area contributed by atoms with Crippen molar-refractivity contribution < 1.29 is 19.1 Å². The largest absolute Gasteiger partial charge is 0.456 e. The first-order valence-electron chi connectivity index (χ1n) is 8.14. The average Bonchev–Trinajstić information content (AvgIpc) is 2.85. The maximum absolute atomic E-state index is 12.6. The highest BCUT2D eigenvalue weighted by Crippen LogP contribution is 2.51. The van der Waals surface area contributed by atoms with Gasteiger partial charge in [-0.2, -0.15) is 0 Å². The zero-order chi connectivity index (χ0) is 15.9. The van der Waals surface area contributed by atoms with Crippen LogP contribution >= 0.6 is 0 Å². The van der Waals surface area contributed by atoms with Crippen molar-refractivity contribution in [1.82, 2.24) is 4.90 Å². The number of aryl methyl sites for hydroxylation is 2. The van der Waals surface area contributed by atoms with Crippen LogP contribution < -0.4 is 0 Å². The molecule has 2 fully saturated rings. The predicted octanol–water partition coefficient (Wildman–Crippen LogP) is 2.29. The summed E-state index contributed by atoms with van der Waals surface area (Å²) in [5, 5.41) is 10.2. The Morgan fingerprint density at radius 1 is 1.45 bits per heavy atom. The molecule has 1 aromatic heterocycles. The van der Waals surface area contributed by atoms with Crippen molar-refractivity contribution in [2.24, 2.45) is 5.41 Å². The van der Waals surface area contributed by atoms with Gasteiger partial charge in [-0.3, -0.25) is 4.79 Å². The number of nitrogens with zero attached hydrogens (tertiary/aromatic N) is 1. The third-order valence-electron chi connectivity index (χ3n) is 5.33. The topological polar surface area (TPSA) is 62.9 Å². The van der Waals surface area contributed by atoms with Gasteiger partial charge in [-0.05, 0) is 39.7 Å². The second-order valence-corrected chi connectivity index (χ2v) is 6.59. The molecular formula is C17H25NO4. The van der Waals surface area contributed by atoms with Crippen LogP contribution in [0, 0.1) is 19.3 Å². The average molecular weight is 307 g/mol. The Labute approximate surface area is 131 Å². The lowest BCUT2D eigenvalue weighted by atomic mass is 9.58. The molecule has 1 aliphatic carbocycles. The number of aliphatic hydroxyl groups excluding tert-OH is 1. The van der Waals surface area contributed by atoms with Crippen molar-refractivity contribution in [3.8, 4) is 0 Å². The molecule has 122 valence electrons. The van der Waals surface area contributed by atoms with E-state index in [1.54, 1.807) is 0 Å². The summed E-state index contributed by atoms with van der Waals surface area (Å²) in [6.45, 7) is 7.71. The van der Waals surface area contributed by atoms with Crippen LogP contribution in [0.15, 0.2) is 10.5 Å². The van der Waals surface area contributed by atoms with E-state index >= 15 is 0 Å². The molecule has 1 amide bonds. The van der Waals surface area contributed by atoms with Crippen LogP contribution in [-0.4, -0.2) is 47.8 Å². The normalized spacial score (nSPS) is 27.0. The quantitative estimate of drug-likeness (QED) is 0.930. The van der Waals surface area contributed by atoms with Crippen molar-refractivity contribution in [1.29, 1.82) is 0 Å². The van der Waals surface area contributed by atoms with E-state index < -0.39 is 0 Å². The number of carbonyl (C=O) groups excluding carboxylic acids is 1. The van der Waals surface area contributed by atoms with E-state index in [-0.39, 0.29) is 23.5 Å². The molecule has 2 aliphatic rings. The third-order valence-corrected chi connectivity index (χ3v) is 5.33. The molecule has 1 spiro atoms. The summed E-state index contributed by atoms with van der Waals surface area (Å²) in [6.07, 6.45) is 2.15. The molecule has 0 radical (unpaired) electrons. The first-order chi connectivity index (χ1) is 10.5. The SMILES string of the molecule is CCO[C@@H]1C[C@H](O)C12CCN(C(=O)c1oc(C)cc1C)CC2. The van der Waals surface area contributed by atoms with Gasteiger partial charge in [0.2, 0.25) is 0 Å². The van der Waals surface area contributed by atoms with Gasteiger partial charge in [0, 0.05) is 37.1 Å². The van der Waals surface area contributed by atoms with Gasteiger partial charge in [0.25, 0.3) is 5.91 Å². The molecule has 5 heteroatoms. The van der Waals surface area contributed by atoms with Crippen LogP contribution in [0.2, 0.25) is 0 Å². The number of hydrogen-bond acceptors (Lipinski definition) is 4. The minimum atomic E-state index is -0.297. The number of piperidine rings is 1. The summed E-state index contributed by atoms with van der Waals surface area (Å²) in [7, 11) is 0. The van der Waals surface area contributed by atoms with Crippen LogP contribution in [0.25, 0.3) is 0 Å². The Morgan fingerprint density at radius 2 is 2.14 bits per heavy atom. The molecule has 1 saturated heterocycles. The van der Waals surface area contributed by atoms with E-state index in [2.05, 4.69) is 0 Å². The number of rotatable bonds is 3. The highest BCUT2D eigenvalue weighted by molar-refractivity contribution is 5.93. The lowest BCUT2D eigenvalue weighted by Gasteiger charge is -2.56. The van der Waals surface area contributed by atoms with Gasteiger partial charge < -0.3 is 19.2 Å². The number of amides is 1. The molecule has 0 unspecified atom stereocenters. The molecule has 2 heterocycles. The number of likely N-dealkylation sites (tertiary alicyclic amines) is 1. The second-order valence-electron chi connectivity index (χ2n) is 6.59. The summed E-state index contributed by atoms with van der Waals surface area (Å²) < 4.78 is 11.3. The molecular weight excluding hydrogens is 282 g/mol. The third kappa shape index (κ3) is 2.36. The molecule has 1 saturated carbocycles. The predicted molar refractivity (Wildman–Crippen MR) is 81.8 cm³/mol. The molecule has 1 N–H and O–H groups in total. The van der Waals surface area contributed by atoms with E-state index in [1.165, 1.54) is 0 Å². The summed E-state index contributed by atoms with van der Waals surface area (Å²) in [5.41, 5.74) is 0.736. The number of hydrogen-bond donors (Lipinski definition) is 1. The number of aliphatic hydroxyl groups is 1. The maximum Gasteiger partial charge on any atom is 0.289 e. The molecule has 3 rings (SSSR count). The Hall–Kier alpha value is -1.33. The fourth-order valence-electron chi connectivity index (χ4n) is 3.94. The molecule has 0 aromatic carbocycles. The molecule has 2 atom stereocenters. The summed E-state index contributed by atoms with van der Waals surface area (Å²) >= 11 is 0. The van der Waals surface area contributed by atoms with E-state index in [4.69, 9.17) is 9.15 Å². The van der Waals surface area contributed by atoms with Gasteiger partial charge >= 0.3 is 0 Å². The number of carbonyl (C=O) groups is 1. The lowest BCUT2D eigenvalue weighted by Crippen LogP contribution is -2.62. The summed E-state index contributed by atoms with van der Waals surface area (Å²) in [6, 6.07) is 1.89. The van der Waals surface area contributed by atoms with Crippen molar-refractivity contribution in [3.63, 3.8) is 0 Å². The molecule has 1 aromatic rings. The van der Waals surface area contributed by atoms with E-state index in [9.17, 15) is 9.90 Å². The van der Waals surface area contributed by atoms with Gasteiger partial charge in [-0.1, -0.05) is 0 Å². The summed E-state index contributed by atoms with van der Waals surface area (Å²) in [5.74, 6) is 1.17. The standard InChI is InChI=1S/C17H25NO4/c1-4-21-14-10-13(19)17(14)5-7-18(8-6-17)16(20)15-11(2)9-12(3)22-15/h9,13-14,19H,4-8,10H2,1-3H3/t13-,14+/m0/s1. The Balaban J connectivity index is 1.67. The minimum absolute atomic E-state index is 0.0396. The van der Waals surface area contributed by atoms with Gasteiger partial charge in [-0.15, -0.1) is 0 Å². The second kappa shape index (κ2) is 5.70. The van der Waals surface area contributed by atoms with E-state index in [1.807, 2.05) is 31.7 Å². The van der Waals surface area contributed by atoms with E-state index in [0.29, 0.717) is 25.5 Å². The van der Waals surface area contributed by atoms with Gasteiger partial charge in [-0.25, -0.2) is 0 Å². The number of furan rings is 1. The van der Waals surface area contributed by atoms with Crippen LogP contribution in [0.4, 0.5) is 0 Å². The van der Waals surface area contributed by atoms with Crippen molar-refractivity contribution in [3.05, 3.63) is 23.2 Å². The van der Waals surface area contributed by atoms with Crippen molar-refractivity contribution >= 4 is 5.91 Å². The Bertz CT molecular complexity index is 555. The Kier molecular flexibility index (Phi) is 4.03. The smallest absolute Gasteiger partial charge is 0.289 e. The van der Waals surface area contributed by atoms with Crippen molar-refractivity contribution in [2.75, 3.05) is 19.7 Å². The van der Waals surface area contributed by atoms with Gasteiger partial charge in [0.1, 0.15) is 5.76 Å². The first kappa shape index (κ1) is 15.6. The molecule has 1 aliphatic heterocycles. The monoisotopic (exact) mass is 307 g/mol. The van der Waals surface area contributed by atoms with E-state index in [0.717, 1.165) is 30.6 Å². The minimum Gasteiger partial charge on any atom is -0.456 e. The first-order valence-corrected chi connectivity index (χ1v) is 8.14. The van der Waals surface area contributed by atoms with Crippen molar-refractivity contribution in [2.45, 2.75) is 52.2 Å². The number of ether oxygens (including phenoxy) is 1. The molecule has 0 bridgehead atoms. The van der Waals surface area contributed by atoms with Gasteiger partial charge in [0.15, 0.2) is 5.76 Å². The fraction of sp³-hybridized carbons (Fsp3) is 0.706. The maximum atomic E-state index is 12.6. The highest BCUT2D eigenvalue weighted by atomic mass is 16.5. The Morgan fingerprint density at radius 3 is 2.64 bits per heavy atom. The molecule has 22 heavy (non-hydrogen) atoms. The molecule has 5 nitrogen and oxygen atoms in total. The zero-order valence-electron chi connectivity index (χ0n) is 13.6. The fourth-order valence-corrected chi connectivity index (χ4v) is 3.94. The van der Waals surface area contributed by atoms with Crippen LogP contribution in [0.1, 0.15) is 48.1 Å². The highest BCUT2D eigenvalue weighted by Gasteiger charge is 2.56. The van der Waals surface area contributed by atoms with Crippen LogP contribution in [0.3, 0.4) is 0 Å². The lowest BCUT2D eigenvalue weighted by molar-refractivity contribution is -0.207. The van der Waals surface area contributed by atoms with Crippen LogP contribution in [0.5, 0.6) is 0 Å². The zero-order valence-corrected chi connectivity index (χ0v) is 13.6. The van der Waals surface area contributed by atoms with Crippen LogP contribution in [-0.2, 0) is 4.74 Å².